The zero-order valence-electron chi connectivity index (χ0n) is 11.8. The van der Waals surface area contributed by atoms with E-state index in [0.29, 0.717) is 17.3 Å². The maximum atomic E-state index is 11.8. The lowest BCUT2D eigenvalue weighted by atomic mass is 10.2. The predicted octanol–water partition coefficient (Wildman–Crippen LogP) is 1.96. The van der Waals surface area contributed by atoms with Crippen LogP contribution in [0, 0.1) is 0 Å². The second-order valence-corrected chi connectivity index (χ2v) is 6.73. The second kappa shape index (κ2) is 7.90. The number of amides is 2. The summed E-state index contributed by atoms with van der Waals surface area (Å²) in [7, 11) is 1.53. The van der Waals surface area contributed by atoms with Crippen molar-refractivity contribution in [2.24, 2.45) is 0 Å². The molecule has 2 heterocycles. The molecule has 2 rings (SSSR count). The van der Waals surface area contributed by atoms with E-state index < -0.39 is 0 Å². The first-order valence-corrected chi connectivity index (χ1v) is 7.98. The Morgan fingerprint density at radius 1 is 1.32 bits per heavy atom. The van der Waals surface area contributed by atoms with Crippen LogP contribution in [0.4, 0.5) is 0 Å². The molecule has 2 aromatic heterocycles. The second-order valence-electron chi connectivity index (χ2n) is 4.27. The molecule has 0 atom stereocenters. The van der Waals surface area contributed by atoms with Gasteiger partial charge in [-0.05, 0) is 39.7 Å². The van der Waals surface area contributed by atoms with Gasteiger partial charge in [0.15, 0.2) is 0 Å². The lowest BCUT2D eigenvalue weighted by Gasteiger charge is -2.07. The molecule has 0 radical (unpaired) electrons. The number of ether oxygens (including phenoxy) is 1. The van der Waals surface area contributed by atoms with E-state index in [1.807, 2.05) is 0 Å². The zero-order chi connectivity index (χ0) is 15.9. The highest BCUT2D eigenvalue weighted by molar-refractivity contribution is 9.11. The first-order valence-electron chi connectivity index (χ1n) is 6.37. The topological polar surface area (TPSA) is 80.3 Å². The van der Waals surface area contributed by atoms with Gasteiger partial charge in [0, 0.05) is 18.8 Å². The molecule has 116 valence electrons. The summed E-state index contributed by atoms with van der Waals surface area (Å²) >= 11 is 4.60. The monoisotopic (exact) mass is 383 g/mol. The molecule has 0 aliphatic heterocycles. The van der Waals surface area contributed by atoms with Crippen molar-refractivity contribution in [3.05, 3.63) is 44.7 Å². The Hall–Kier alpha value is -1.93. The number of pyridine rings is 1. The Morgan fingerprint density at radius 3 is 2.82 bits per heavy atom. The number of thiophene rings is 1. The van der Waals surface area contributed by atoms with E-state index in [1.54, 1.807) is 30.5 Å². The van der Waals surface area contributed by atoms with E-state index in [2.05, 4.69) is 31.5 Å². The molecule has 2 aromatic rings. The third-order valence-corrected chi connectivity index (χ3v) is 4.33. The number of methoxy groups -OCH3 is 1. The van der Waals surface area contributed by atoms with E-state index in [1.165, 1.54) is 18.4 Å². The quantitative estimate of drug-likeness (QED) is 0.798. The van der Waals surface area contributed by atoms with Crippen molar-refractivity contribution in [2.45, 2.75) is 6.54 Å². The maximum Gasteiger partial charge on any atom is 0.261 e. The normalized spacial score (nSPS) is 10.1. The summed E-state index contributed by atoms with van der Waals surface area (Å²) in [6.45, 7) is 0.273. The molecule has 0 saturated heterocycles. The summed E-state index contributed by atoms with van der Waals surface area (Å²) < 4.78 is 5.88. The molecule has 0 fully saturated rings. The molecule has 2 amide bonds. The van der Waals surface area contributed by atoms with Gasteiger partial charge < -0.3 is 15.4 Å². The first kappa shape index (κ1) is 16.4. The Bertz CT molecular complexity index is 675. The minimum absolute atomic E-state index is 0.0728. The predicted molar refractivity (Wildman–Crippen MR) is 87.0 cm³/mol. The van der Waals surface area contributed by atoms with Gasteiger partial charge in [0.2, 0.25) is 11.8 Å². The molecule has 0 aliphatic rings. The SMILES string of the molecule is COc1cc(CNC(=O)CNC(=O)c2ccc(Br)s2)ccn1. The van der Waals surface area contributed by atoms with Crippen molar-refractivity contribution in [1.29, 1.82) is 0 Å². The average molecular weight is 384 g/mol. The van der Waals surface area contributed by atoms with Crippen molar-refractivity contribution >= 4 is 39.1 Å². The van der Waals surface area contributed by atoms with Gasteiger partial charge >= 0.3 is 0 Å². The van der Waals surface area contributed by atoms with Crippen LogP contribution in [0.25, 0.3) is 0 Å². The van der Waals surface area contributed by atoms with E-state index in [9.17, 15) is 9.59 Å². The molecule has 2 N–H and O–H groups in total. The van der Waals surface area contributed by atoms with Crippen LogP contribution in [-0.2, 0) is 11.3 Å². The first-order chi connectivity index (χ1) is 10.6. The average Bonchev–Trinajstić information content (AvgIpc) is 2.97. The fraction of sp³-hybridized carbons (Fsp3) is 0.214. The van der Waals surface area contributed by atoms with Gasteiger partial charge in [-0.25, -0.2) is 4.98 Å². The van der Waals surface area contributed by atoms with Gasteiger partial charge in [-0.1, -0.05) is 0 Å². The third kappa shape index (κ3) is 4.81. The molecule has 0 aromatic carbocycles. The minimum Gasteiger partial charge on any atom is -0.481 e. The van der Waals surface area contributed by atoms with Gasteiger partial charge in [-0.2, -0.15) is 0 Å². The number of hydrogen-bond donors (Lipinski definition) is 2. The Morgan fingerprint density at radius 2 is 2.14 bits per heavy atom. The smallest absolute Gasteiger partial charge is 0.261 e. The van der Waals surface area contributed by atoms with Crippen molar-refractivity contribution < 1.29 is 14.3 Å². The van der Waals surface area contributed by atoms with Gasteiger partial charge in [0.25, 0.3) is 5.91 Å². The van der Waals surface area contributed by atoms with E-state index in [4.69, 9.17) is 4.74 Å². The van der Waals surface area contributed by atoms with Crippen molar-refractivity contribution in [3.63, 3.8) is 0 Å². The van der Waals surface area contributed by atoms with Gasteiger partial charge in [0.05, 0.1) is 22.3 Å². The van der Waals surface area contributed by atoms with Crippen LogP contribution >= 0.6 is 27.3 Å². The summed E-state index contributed by atoms with van der Waals surface area (Å²) in [5.74, 6) is -0.0421. The summed E-state index contributed by atoms with van der Waals surface area (Å²) in [5, 5.41) is 5.29. The van der Waals surface area contributed by atoms with Crippen LogP contribution in [0.15, 0.2) is 34.2 Å². The summed E-state index contributed by atoms with van der Waals surface area (Å²) in [4.78, 5) is 28.1. The molecule has 0 saturated carbocycles. The standard InChI is InChI=1S/C14H14BrN3O3S/c1-21-13-6-9(4-5-16-13)7-17-12(19)8-18-14(20)10-2-3-11(15)22-10/h2-6H,7-8H2,1H3,(H,17,19)(H,18,20). The molecule has 0 spiro atoms. The largest absolute Gasteiger partial charge is 0.481 e. The molecular weight excluding hydrogens is 370 g/mol. The van der Waals surface area contributed by atoms with Crippen LogP contribution in [0.1, 0.15) is 15.2 Å². The van der Waals surface area contributed by atoms with Gasteiger partial charge in [-0.3, -0.25) is 9.59 Å². The highest BCUT2D eigenvalue weighted by atomic mass is 79.9. The molecule has 0 aliphatic carbocycles. The molecule has 6 nitrogen and oxygen atoms in total. The summed E-state index contributed by atoms with van der Waals surface area (Å²) in [6.07, 6.45) is 1.61. The van der Waals surface area contributed by atoms with Crippen LogP contribution in [-0.4, -0.2) is 30.5 Å². The Balaban J connectivity index is 1.77. The third-order valence-electron chi connectivity index (χ3n) is 2.70. The summed E-state index contributed by atoms with van der Waals surface area (Å²) in [5.41, 5.74) is 0.869. The molecular formula is C14H14BrN3O3S. The number of nitrogens with zero attached hydrogens (tertiary/aromatic N) is 1. The number of nitrogens with one attached hydrogen (secondary N) is 2. The van der Waals surface area contributed by atoms with Crippen LogP contribution in [0.3, 0.4) is 0 Å². The number of halogens is 1. The Kier molecular flexibility index (Phi) is 5.91. The van der Waals surface area contributed by atoms with E-state index in [-0.39, 0.29) is 18.4 Å². The Labute approximate surface area is 140 Å². The van der Waals surface area contributed by atoms with E-state index >= 15 is 0 Å². The van der Waals surface area contributed by atoms with Crippen LogP contribution in [0.5, 0.6) is 5.88 Å². The number of hydrogen-bond acceptors (Lipinski definition) is 5. The van der Waals surface area contributed by atoms with Crippen molar-refractivity contribution in [2.75, 3.05) is 13.7 Å². The summed E-state index contributed by atoms with van der Waals surface area (Å²) in [6, 6.07) is 7.01. The van der Waals surface area contributed by atoms with E-state index in [0.717, 1.165) is 9.35 Å². The lowest BCUT2D eigenvalue weighted by Crippen LogP contribution is -2.36. The molecule has 8 heteroatoms. The number of carbonyl (C=O) groups excluding carboxylic acids is 2. The minimum atomic E-state index is -0.267. The fourth-order valence-corrected chi connectivity index (χ4v) is 2.92. The fourth-order valence-electron chi connectivity index (χ4n) is 1.62. The molecule has 0 bridgehead atoms. The maximum absolute atomic E-state index is 11.8. The highest BCUT2D eigenvalue weighted by Gasteiger charge is 2.10. The zero-order valence-corrected chi connectivity index (χ0v) is 14.2. The number of carbonyl (C=O) groups is 2. The van der Waals surface area contributed by atoms with Crippen LogP contribution in [0.2, 0.25) is 0 Å². The lowest BCUT2D eigenvalue weighted by molar-refractivity contribution is -0.120. The van der Waals surface area contributed by atoms with Crippen LogP contribution < -0.4 is 15.4 Å². The molecule has 22 heavy (non-hydrogen) atoms. The highest BCUT2D eigenvalue weighted by Crippen LogP contribution is 2.21. The number of aromatic nitrogens is 1. The molecule has 0 unspecified atom stereocenters. The van der Waals surface area contributed by atoms with Gasteiger partial charge in [0.1, 0.15) is 0 Å². The van der Waals surface area contributed by atoms with Crippen molar-refractivity contribution in [1.82, 2.24) is 15.6 Å². The van der Waals surface area contributed by atoms with Crippen molar-refractivity contribution in [3.8, 4) is 5.88 Å². The van der Waals surface area contributed by atoms with Gasteiger partial charge in [-0.15, -0.1) is 11.3 Å². The number of rotatable bonds is 6.